The van der Waals surface area contributed by atoms with Crippen LogP contribution in [0.25, 0.3) is 0 Å². The Hall–Kier alpha value is -1.83. The van der Waals surface area contributed by atoms with Gasteiger partial charge in [-0.2, -0.15) is 0 Å². The summed E-state index contributed by atoms with van der Waals surface area (Å²) in [7, 11) is 1.82. The Bertz CT molecular complexity index is 585. The van der Waals surface area contributed by atoms with E-state index in [9.17, 15) is 4.79 Å². The predicted molar refractivity (Wildman–Crippen MR) is 81.1 cm³/mol. The summed E-state index contributed by atoms with van der Waals surface area (Å²) in [5.74, 6) is 5.49. The number of carbonyl (C=O) groups excluding carboxylic acids is 1. The van der Waals surface area contributed by atoms with E-state index in [1.807, 2.05) is 39.1 Å². The van der Waals surface area contributed by atoms with Gasteiger partial charge in [-0.3, -0.25) is 4.79 Å². The Morgan fingerprint density at radius 3 is 2.90 bits per heavy atom. The predicted octanol–water partition coefficient (Wildman–Crippen LogP) is 1.59. The molecule has 1 aromatic carbocycles. The van der Waals surface area contributed by atoms with E-state index >= 15 is 0 Å². The third-order valence-electron chi connectivity index (χ3n) is 4.02. The van der Waals surface area contributed by atoms with Crippen molar-refractivity contribution < 1.29 is 14.6 Å². The highest BCUT2D eigenvalue weighted by Gasteiger charge is 2.31. The number of benzene rings is 1. The molecular formula is C17H21NO3. The first-order valence-electron chi connectivity index (χ1n) is 7.14. The van der Waals surface area contributed by atoms with Crippen LogP contribution in [-0.2, 0) is 4.74 Å². The Morgan fingerprint density at radius 2 is 2.29 bits per heavy atom. The summed E-state index contributed by atoms with van der Waals surface area (Å²) in [5.41, 5.74) is 2.28. The van der Waals surface area contributed by atoms with Gasteiger partial charge in [0.2, 0.25) is 0 Å². The van der Waals surface area contributed by atoms with E-state index in [0.29, 0.717) is 12.2 Å². The van der Waals surface area contributed by atoms with E-state index in [4.69, 9.17) is 9.84 Å². The minimum Gasteiger partial charge on any atom is -0.384 e. The molecule has 2 unspecified atom stereocenters. The molecule has 2 rings (SSSR count). The van der Waals surface area contributed by atoms with Crippen LogP contribution in [0.4, 0.5) is 0 Å². The van der Waals surface area contributed by atoms with E-state index in [0.717, 1.165) is 17.5 Å². The Kier molecular flexibility index (Phi) is 5.00. The largest absolute Gasteiger partial charge is 0.384 e. The maximum absolute atomic E-state index is 12.7. The van der Waals surface area contributed by atoms with Crippen molar-refractivity contribution in [2.75, 3.05) is 20.3 Å². The molecule has 0 aliphatic carbocycles. The number of hydrogen-bond acceptors (Lipinski definition) is 3. The third kappa shape index (κ3) is 3.26. The lowest BCUT2D eigenvalue weighted by molar-refractivity contribution is 0.0574. The van der Waals surface area contributed by atoms with Gasteiger partial charge in [0.1, 0.15) is 6.61 Å². The first-order chi connectivity index (χ1) is 10.1. The number of hydrogen-bond donors (Lipinski definition) is 1. The number of nitrogens with zero attached hydrogens (tertiary/aromatic N) is 1. The average molecular weight is 287 g/mol. The maximum Gasteiger partial charge on any atom is 0.254 e. The minimum atomic E-state index is -0.186. The molecule has 0 radical (unpaired) electrons. The lowest BCUT2D eigenvalue weighted by atomic mass is 10.0. The number of aliphatic hydroxyl groups is 1. The second-order valence-corrected chi connectivity index (χ2v) is 5.29. The Morgan fingerprint density at radius 1 is 1.52 bits per heavy atom. The van der Waals surface area contributed by atoms with Gasteiger partial charge in [-0.25, -0.2) is 0 Å². The van der Waals surface area contributed by atoms with Gasteiger partial charge >= 0.3 is 0 Å². The van der Waals surface area contributed by atoms with Gasteiger partial charge in [0.05, 0.1) is 12.1 Å². The number of amides is 1. The SMILES string of the molecule is Cc1c(C#CCO)cccc1C(=O)N(C)C1CCOC1C. The van der Waals surface area contributed by atoms with Crippen molar-refractivity contribution in [2.24, 2.45) is 0 Å². The summed E-state index contributed by atoms with van der Waals surface area (Å²) in [5, 5.41) is 8.80. The standard InChI is InChI=1S/C17H21NO3/c1-12-14(7-5-10-19)6-4-8-15(12)17(20)18(3)16-9-11-21-13(16)2/h4,6,8,13,16,19H,9-11H2,1-3H3. The van der Waals surface area contributed by atoms with E-state index < -0.39 is 0 Å². The number of aliphatic hydroxyl groups excluding tert-OH is 1. The molecule has 21 heavy (non-hydrogen) atoms. The molecule has 1 N–H and O–H groups in total. The zero-order valence-electron chi connectivity index (χ0n) is 12.7. The molecule has 4 heteroatoms. The van der Waals surface area contributed by atoms with Crippen molar-refractivity contribution in [1.29, 1.82) is 0 Å². The van der Waals surface area contributed by atoms with Gasteiger partial charge in [-0.15, -0.1) is 0 Å². The lowest BCUT2D eigenvalue weighted by Crippen LogP contribution is -2.41. The fraction of sp³-hybridized carbons (Fsp3) is 0.471. The number of carbonyl (C=O) groups is 1. The van der Waals surface area contributed by atoms with Crippen LogP contribution < -0.4 is 0 Å². The van der Waals surface area contributed by atoms with E-state index in [1.54, 1.807) is 4.90 Å². The van der Waals surface area contributed by atoms with Crippen molar-refractivity contribution in [3.8, 4) is 11.8 Å². The summed E-state index contributed by atoms with van der Waals surface area (Å²) < 4.78 is 5.54. The topological polar surface area (TPSA) is 49.8 Å². The highest BCUT2D eigenvalue weighted by molar-refractivity contribution is 5.96. The minimum absolute atomic E-state index is 0.0116. The molecule has 0 saturated carbocycles. The molecule has 0 spiro atoms. The van der Waals surface area contributed by atoms with Gasteiger partial charge in [0.25, 0.3) is 5.91 Å². The molecule has 112 valence electrons. The summed E-state index contributed by atoms with van der Waals surface area (Å²) in [6, 6.07) is 5.61. The van der Waals surface area contributed by atoms with Crippen LogP contribution in [0.15, 0.2) is 18.2 Å². The molecule has 1 aliphatic heterocycles. The molecule has 1 aliphatic rings. The number of rotatable bonds is 2. The third-order valence-corrected chi connectivity index (χ3v) is 4.02. The Labute approximate surface area is 125 Å². The average Bonchev–Trinajstić information content (AvgIpc) is 2.91. The van der Waals surface area contributed by atoms with Gasteiger partial charge in [-0.05, 0) is 38.0 Å². The van der Waals surface area contributed by atoms with Crippen LogP contribution in [0, 0.1) is 18.8 Å². The van der Waals surface area contributed by atoms with Gasteiger partial charge in [0, 0.05) is 24.8 Å². The van der Waals surface area contributed by atoms with Crippen LogP contribution in [0.1, 0.15) is 34.8 Å². The molecule has 1 amide bonds. The Balaban J connectivity index is 2.27. The molecule has 0 aromatic heterocycles. The second kappa shape index (κ2) is 6.75. The van der Waals surface area contributed by atoms with E-state index in [-0.39, 0.29) is 24.7 Å². The first-order valence-corrected chi connectivity index (χ1v) is 7.14. The van der Waals surface area contributed by atoms with Gasteiger partial charge in [-0.1, -0.05) is 17.9 Å². The van der Waals surface area contributed by atoms with Crippen molar-refractivity contribution >= 4 is 5.91 Å². The van der Waals surface area contributed by atoms with Crippen LogP contribution in [0.3, 0.4) is 0 Å². The van der Waals surface area contributed by atoms with Gasteiger partial charge in [0.15, 0.2) is 0 Å². The normalized spacial score (nSPS) is 20.8. The van der Waals surface area contributed by atoms with Crippen molar-refractivity contribution in [3.05, 3.63) is 34.9 Å². The van der Waals surface area contributed by atoms with Crippen molar-refractivity contribution in [2.45, 2.75) is 32.4 Å². The summed E-state index contributed by atoms with van der Waals surface area (Å²) >= 11 is 0. The molecule has 1 saturated heterocycles. The molecule has 1 fully saturated rings. The van der Waals surface area contributed by atoms with Crippen LogP contribution in [0.2, 0.25) is 0 Å². The molecule has 1 aromatic rings. The monoisotopic (exact) mass is 287 g/mol. The smallest absolute Gasteiger partial charge is 0.254 e. The number of likely N-dealkylation sites (N-methyl/N-ethyl adjacent to an activating group) is 1. The fourth-order valence-corrected chi connectivity index (χ4v) is 2.71. The molecular weight excluding hydrogens is 266 g/mol. The molecule has 4 nitrogen and oxygen atoms in total. The van der Waals surface area contributed by atoms with E-state index in [1.165, 1.54) is 0 Å². The quantitative estimate of drug-likeness (QED) is 0.840. The first kappa shape index (κ1) is 15.6. The van der Waals surface area contributed by atoms with Gasteiger partial charge < -0.3 is 14.7 Å². The molecule has 1 heterocycles. The highest BCUT2D eigenvalue weighted by atomic mass is 16.5. The van der Waals surface area contributed by atoms with Crippen molar-refractivity contribution in [3.63, 3.8) is 0 Å². The van der Waals surface area contributed by atoms with Crippen LogP contribution in [-0.4, -0.2) is 48.3 Å². The highest BCUT2D eigenvalue weighted by Crippen LogP contribution is 2.22. The lowest BCUT2D eigenvalue weighted by Gasteiger charge is -2.27. The molecule has 0 bridgehead atoms. The fourth-order valence-electron chi connectivity index (χ4n) is 2.71. The molecule has 2 atom stereocenters. The number of ether oxygens (including phenoxy) is 1. The zero-order chi connectivity index (χ0) is 15.4. The van der Waals surface area contributed by atoms with Crippen LogP contribution in [0.5, 0.6) is 0 Å². The zero-order valence-corrected chi connectivity index (χ0v) is 12.7. The van der Waals surface area contributed by atoms with Crippen molar-refractivity contribution in [1.82, 2.24) is 4.90 Å². The summed E-state index contributed by atoms with van der Waals surface area (Å²) in [6.07, 6.45) is 0.934. The summed E-state index contributed by atoms with van der Waals surface area (Å²) in [6.45, 7) is 4.40. The maximum atomic E-state index is 12.7. The van der Waals surface area contributed by atoms with Crippen LogP contribution >= 0.6 is 0 Å². The second-order valence-electron chi connectivity index (χ2n) is 5.29. The van der Waals surface area contributed by atoms with E-state index in [2.05, 4.69) is 11.8 Å². The summed E-state index contributed by atoms with van der Waals surface area (Å²) in [4.78, 5) is 14.5.